The van der Waals surface area contributed by atoms with E-state index in [0.717, 1.165) is 90.2 Å². The summed E-state index contributed by atoms with van der Waals surface area (Å²) in [6.07, 6.45) is 0. The minimum atomic E-state index is 0. The summed E-state index contributed by atoms with van der Waals surface area (Å²) in [7, 11) is 0. The number of imidazole rings is 4. The predicted octanol–water partition coefficient (Wildman–Crippen LogP) is 8.33. The normalized spacial score (nSPS) is 11.1. The van der Waals surface area contributed by atoms with Crippen molar-refractivity contribution in [3.05, 3.63) is 133 Å². The van der Waals surface area contributed by atoms with Crippen LogP contribution in [-0.4, -0.2) is 49.8 Å². The number of aromatic amines is 4. The Balaban J connectivity index is 0.000000139. The molecule has 0 aliphatic rings. The van der Waals surface area contributed by atoms with Gasteiger partial charge in [0.25, 0.3) is 0 Å². The summed E-state index contributed by atoms with van der Waals surface area (Å²) in [6.45, 7) is 0. The number of fused-ring (bicyclic) bond motifs is 4. The zero-order valence-electron chi connectivity index (χ0n) is 25.7. The molecule has 6 aromatic heterocycles. The van der Waals surface area contributed by atoms with Gasteiger partial charge < -0.3 is 19.9 Å². The third-order valence-electron chi connectivity index (χ3n) is 8.03. The summed E-state index contributed by atoms with van der Waals surface area (Å²) >= 11 is 0. The zero-order valence-corrected chi connectivity index (χ0v) is 26.8. The van der Waals surface area contributed by atoms with Gasteiger partial charge in [-0.15, -0.1) is 0 Å². The van der Waals surface area contributed by atoms with Gasteiger partial charge in [-0.1, -0.05) is 60.7 Å². The second-order valence-corrected chi connectivity index (χ2v) is 11.2. The molecular weight excluding hydrogens is 655 g/mol. The van der Waals surface area contributed by atoms with Crippen molar-refractivity contribution in [1.29, 1.82) is 0 Å². The van der Waals surface area contributed by atoms with Gasteiger partial charge in [0, 0.05) is 16.8 Å². The monoisotopic (exact) mass is 681 g/mol. The maximum atomic E-state index is 4.72. The molecule has 0 spiro atoms. The standard InChI is InChI=1S/2C19H13N5.Co/c2*1-2-7-13-12(6-1)21-18(22-13)16-10-5-11-17(20-16)19-23-14-8-3-4-9-15(14)24-19;/h2*1-11H,(H,21,22)(H,23,24);. The van der Waals surface area contributed by atoms with Crippen molar-refractivity contribution in [2.45, 2.75) is 0 Å². The van der Waals surface area contributed by atoms with E-state index in [-0.39, 0.29) is 16.8 Å². The number of para-hydroxylation sites is 8. The van der Waals surface area contributed by atoms with E-state index in [4.69, 9.17) is 9.97 Å². The first kappa shape index (κ1) is 29.9. The van der Waals surface area contributed by atoms with Crippen molar-refractivity contribution in [1.82, 2.24) is 49.8 Å². The Morgan fingerprint density at radius 1 is 0.265 bits per heavy atom. The van der Waals surface area contributed by atoms with Gasteiger partial charge in [-0.25, -0.2) is 29.9 Å². The Morgan fingerprint density at radius 3 is 0.755 bits per heavy atom. The Labute approximate surface area is 289 Å². The molecule has 4 aromatic carbocycles. The first-order valence-corrected chi connectivity index (χ1v) is 15.5. The van der Waals surface area contributed by atoms with E-state index in [2.05, 4.69) is 39.9 Å². The third kappa shape index (κ3) is 5.84. The number of hydrogen-bond acceptors (Lipinski definition) is 6. The number of nitrogens with zero attached hydrogens (tertiary/aromatic N) is 6. The number of aromatic nitrogens is 10. The topological polar surface area (TPSA) is 140 Å². The van der Waals surface area contributed by atoms with Gasteiger partial charge in [-0.2, -0.15) is 0 Å². The summed E-state index contributed by atoms with van der Waals surface area (Å²) in [5.41, 5.74) is 10.9. The number of H-pyrrole nitrogens is 4. The molecule has 6 heterocycles. The Kier molecular flexibility index (Phi) is 7.72. The second kappa shape index (κ2) is 12.6. The minimum absolute atomic E-state index is 0. The van der Waals surface area contributed by atoms with E-state index in [1.807, 2.05) is 133 Å². The summed E-state index contributed by atoms with van der Waals surface area (Å²) < 4.78 is 0. The predicted molar refractivity (Wildman–Crippen MR) is 189 cm³/mol. The molecule has 0 amide bonds. The Morgan fingerprint density at radius 2 is 0.510 bits per heavy atom. The molecule has 0 saturated heterocycles. The fraction of sp³-hybridized carbons (Fsp3) is 0. The largest absolute Gasteiger partial charge is 0.337 e. The summed E-state index contributed by atoms with van der Waals surface area (Å²) in [6, 6.07) is 43.6. The fourth-order valence-corrected chi connectivity index (χ4v) is 5.69. The molecule has 10 rings (SSSR count). The molecule has 1 radical (unpaired) electrons. The average molecular weight is 682 g/mol. The molecule has 10 nitrogen and oxygen atoms in total. The van der Waals surface area contributed by atoms with E-state index in [0.29, 0.717) is 0 Å². The van der Waals surface area contributed by atoms with Crippen LogP contribution in [0.2, 0.25) is 0 Å². The van der Waals surface area contributed by atoms with Crippen LogP contribution in [0.3, 0.4) is 0 Å². The molecule has 10 aromatic rings. The van der Waals surface area contributed by atoms with Crippen molar-refractivity contribution in [2.24, 2.45) is 0 Å². The molecule has 0 bridgehead atoms. The zero-order chi connectivity index (χ0) is 31.9. The number of rotatable bonds is 4. The Bertz CT molecular complexity index is 2220. The van der Waals surface area contributed by atoms with Crippen LogP contribution in [-0.2, 0) is 16.8 Å². The first-order chi connectivity index (χ1) is 23.7. The van der Waals surface area contributed by atoms with Crippen LogP contribution in [0.1, 0.15) is 0 Å². The van der Waals surface area contributed by atoms with Gasteiger partial charge in [-0.05, 0) is 72.8 Å². The quantitative estimate of drug-likeness (QED) is 0.147. The average Bonchev–Trinajstić information content (AvgIpc) is 3.95. The molecule has 0 saturated carbocycles. The molecule has 0 aliphatic heterocycles. The van der Waals surface area contributed by atoms with Crippen LogP contribution in [0.5, 0.6) is 0 Å². The SMILES string of the molecule is [Co].c1cc(-c2nc3ccccc3[nH]2)nc(-c2nc3ccccc3[nH]2)c1.c1cc(-c2nc3ccccc3[nH]2)nc(-c2nc3ccccc3[nH]2)c1. The van der Waals surface area contributed by atoms with Crippen molar-refractivity contribution in [2.75, 3.05) is 0 Å². The van der Waals surface area contributed by atoms with Gasteiger partial charge in [0.2, 0.25) is 0 Å². The van der Waals surface area contributed by atoms with E-state index in [1.54, 1.807) is 0 Å². The Hall–Kier alpha value is -6.43. The van der Waals surface area contributed by atoms with E-state index >= 15 is 0 Å². The third-order valence-corrected chi connectivity index (χ3v) is 8.03. The maximum Gasteiger partial charge on any atom is 0.157 e. The summed E-state index contributed by atoms with van der Waals surface area (Å²) in [5, 5.41) is 0. The molecule has 0 aliphatic carbocycles. The molecule has 0 fully saturated rings. The number of nitrogens with one attached hydrogen (secondary N) is 4. The van der Waals surface area contributed by atoms with Crippen LogP contribution < -0.4 is 0 Å². The minimum Gasteiger partial charge on any atom is -0.337 e. The maximum absolute atomic E-state index is 4.72. The van der Waals surface area contributed by atoms with Gasteiger partial charge in [0.15, 0.2) is 23.3 Å². The van der Waals surface area contributed by atoms with E-state index in [1.165, 1.54) is 0 Å². The molecule has 49 heavy (non-hydrogen) atoms. The molecular formula is C38H26CoN10. The molecule has 0 atom stereocenters. The van der Waals surface area contributed by atoms with Crippen LogP contribution in [0.25, 0.3) is 90.2 Å². The summed E-state index contributed by atoms with van der Waals surface area (Å²) in [5.74, 6) is 3.03. The second-order valence-electron chi connectivity index (χ2n) is 11.2. The fourth-order valence-electron chi connectivity index (χ4n) is 5.69. The van der Waals surface area contributed by atoms with Crippen molar-refractivity contribution in [3.8, 4) is 46.1 Å². The van der Waals surface area contributed by atoms with Gasteiger partial charge in [0.1, 0.15) is 22.8 Å². The van der Waals surface area contributed by atoms with Crippen molar-refractivity contribution < 1.29 is 16.8 Å². The first-order valence-electron chi connectivity index (χ1n) is 15.5. The van der Waals surface area contributed by atoms with Gasteiger partial charge >= 0.3 is 0 Å². The van der Waals surface area contributed by atoms with Gasteiger partial charge in [0.05, 0.1) is 44.1 Å². The van der Waals surface area contributed by atoms with Crippen LogP contribution >= 0.6 is 0 Å². The van der Waals surface area contributed by atoms with E-state index < -0.39 is 0 Å². The van der Waals surface area contributed by atoms with Crippen molar-refractivity contribution >= 4 is 44.1 Å². The van der Waals surface area contributed by atoms with Crippen LogP contribution in [0.15, 0.2) is 133 Å². The number of pyridine rings is 2. The molecule has 4 N–H and O–H groups in total. The molecule has 0 unspecified atom stereocenters. The number of benzene rings is 4. The molecule has 11 heteroatoms. The van der Waals surface area contributed by atoms with Crippen LogP contribution in [0, 0.1) is 0 Å². The number of hydrogen-bond donors (Lipinski definition) is 4. The summed E-state index contributed by atoms with van der Waals surface area (Å²) in [4.78, 5) is 41.1. The van der Waals surface area contributed by atoms with Crippen molar-refractivity contribution in [3.63, 3.8) is 0 Å². The van der Waals surface area contributed by atoms with E-state index in [9.17, 15) is 0 Å². The smallest absolute Gasteiger partial charge is 0.157 e. The van der Waals surface area contributed by atoms with Gasteiger partial charge in [-0.3, -0.25) is 0 Å². The van der Waals surface area contributed by atoms with Crippen LogP contribution in [0.4, 0.5) is 0 Å². The molecule has 237 valence electrons.